The molecular weight excluding hydrogens is 100 g/mol. The van der Waals surface area contributed by atoms with E-state index in [0.717, 1.165) is 18.8 Å². The quantitative estimate of drug-likeness (QED) is 0.512. The Bertz CT molecular complexity index is 74.5. The van der Waals surface area contributed by atoms with Crippen LogP contribution in [0.2, 0.25) is 0 Å². The van der Waals surface area contributed by atoms with E-state index in [-0.39, 0.29) is 0 Å². The molecule has 0 aliphatic heterocycles. The zero-order valence-corrected chi connectivity index (χ0v) is 5.90. The maximum absolute atomic E-state index is 5.20. The summed E-state index contributed by atoms with van der Waals surface area (Å²) >= 11 is 0. The first kappa shape index (κ1) is 7.54. The van der Waals surface area contributed by atoms with E-state index in [1.54, 1.807) is 0 Å². The van der Waals surface area contributed by atoms with Gasteiger partial charge in [-0.2, -0.15) is 0 Å². The van der Waals surface area contributed by atoms with Crippen LogP contribution in [0.25, 0.3) is 0 Å². The Balaban J connectivity index is 3.38. The zero-order valence-electron chi connectivity index (χ0n) is 5.90. The lowest BCUT2D eigenvalue weighted by molar-refractivity contribution is 0.220. The highest BCUT2D eigenvalue weighted by atomic mass is 16.5. The number of hydrogen-bond donors (Lipinski definition) is 0. The Hall–Kier alpha value is -0.460. The van der Waals surface area contributed by atoms with Crippen molar-refractivity contribution in [3.63, 3.8) is 0 Å². The fourth-order valence-corrected chi connectivity index (χ4v) is 0.575. The minimum absolute atomic E-state index is 0.785. The molecular formula is C7H14O. The minimum Gasteiger partial charge on any atom is -0.499 e. The van der Waals surface area contributed by atoms with Gasteiger partial charge < -0.3 is 4.74 Å². The van der Waals surface area contributed by atoms with Crippen LogP contribution in [-0.2, 0) is 4.74 Å². The van der Waals surface area contributed by atoms with Gasteiger partial charge in [-0.25, -0.2) is 0 Å². The summed E-state index contributed by atoms with van der Waals surface area (Å²) in [6.07, 6.45) is 3.01. The molecule has 0 fully saturated rings. The van der Waals surface area contributed by atoms with Crippen LogP contribution >= 0.6 is 0 Å². The maximum Gasteiger partial charge on any atom is 0.0914 e. The van der Waals surface area contributed by atoms with Crippen LogP contribution in [0.1, 0.15) is 27.2 Å². The Kier molecular flexibility index (Phi) is 4.42. The van der Waals surface area contributed by atoms with E-state index in [4.69, 9.17) is 4.74 Å². The van der Waals surface area contributed by atoms with Crippen LogP contribution < -0.4 is 0 Å². The number of rotatable bonds is 3. The topological polar surface area (TPSA) is 9.23 Å². The Morgan fingerprint density at radius 2 is 2.12 bits per heavy atom. The zero-order chi connectivity index (χ0) is 6.41. The average molecular weight is 114 g/mol. The molecule has 0 radical (unpaired) electrons. The third kappa shape index (κ3) is 2.67. The van der Waals surface area contributed by atoms with Crippen LogP contribution in [0, 0.1) is 0 Å². The molecule has 0 atom stereocenters. The maximum atomic E-state index is 5.20. The van der Waals surface area contributed by atoms with Crippen molar-refractivity contribution in [1.82, 2.24) is 0 Å². The molecule has 48 valence electrons. The van der Waals surface area contributed by atoms with Crippen molar-refractivity contribution >= 4 is 0 Å². The smallest absolute Gasteiger partial charge is 0.0914 e. The van der Waals surface area contributed by atoms with Gasteiger partial charge in [0.15, 0.2) is 0 Å². The largest absolute Gasteiger partial charge is 0.499 e. The summed E-state index contributed by atoms with van der Waals surface area (Å²) in [6.45, 7) is 6.87. The fourth-order valence-electron chi connectivity index (χ4n) is 0.575. The highest BCUT2D eigenvalue weighted by Gasteiger charge is 1.86. The number of hydrogen-bond acceptors (Lipinski definition) is 1. The lowest BCUT2D eigenvalue weighted by Gasteiger charge is -2.02. The van der Waals surface area contributed by atoms with Crippen molar-refractivity contribution in [3.8, 4) is 0 Å². The van der Waals surface area contributed by atoms with Crippen LogP contribution in [0.3, 0.4) is 0 Å². The molecule has 1 heteroatoms. The summed E-state index contributed by atoms with van der Waals surface area (Å²) in [5, 5.41) is 0. The van der Waals surface area contributed by atoms with E-state index in [1.165, 1.54) is 0 Å². The highest BCUT2D eigenvalue weighted by molar-refractivity contribution is 4.87. The van der Waals surface area contributed by atoms with Gasteiger partial charge >= 0.3 is 0 Å². The lowest BCUT2D eigenvalue weighted by atomic mass is 10.4. The van der Waals surface area contributed by atoms with Gasteiger partial charge in [0.05, 0.1) is 12.4 Å². The summed E-state index contributed by atoms with van der Waals surface area (Å²) in [4.78, 5) is 0. The van der Waals surface area contributed by atoms with E-state index in [1.807, 2.05) is 19.9 Å². The van der Waals surface area contributed by atoms with Gasteiger partial charge in [0.1, 0.15) is 0 Å². The summed E-state index contributed by atoms with van der Waals surface area (Å²) in [6, 6.07) is 0. The van der Waals surface area contributed by atoms with Gasteiger partial charge in [-0.1, -0.05) is 6.92 Å². The van der Waals surface area contributed by atoms with Gasteiger partial charge in [0.2, 0.25) is 0 Å². The SMILES string of the molecule is CC=C(CC)OCC. The van der Waals surface area contributed by atoms with Gasteiger partial charge in [-0.15, -0.1) is 0 Å². The van der Waals surface area contributed by atoms with Gasteiger partial charge in [0.25, 0.3) is 0 Å². The molecule has 0 rings (SSSR count). The minimum atomic E-state index is 0.785. The summed E-state index contributed by atoms with van der Waals surface area (Å²) < 4.78 is 5.20. The standard InChI is InChI=1S/C7H14O/c1-4-7(5-2)8-6-3/h4H,5-6H2,1-3H3. The van der Waals surface area contributed by atoms with Crippen LogP contribution in [-0.4, -0.2) is 6.61 Å². The fraction of sp³-hybridized carbons (Fsp3) is 0.714. The van der Waals surface area contributed by atoms with Crippen molar-refractivity contribution in [2.45, 2.75) is 27.2 Å². The molecule has 0 aromatic heterocycles. The van der Waals surface area contributed by atoms with Crippen molar-refractivity contribution in [1.29, 1.82) is 0 Å². The molecule has 0 bridgehead atoms. The van der Waals surface area contributed by atoms with Crippen molar-refractivity contribution in [2.75, 3.05) is 6.61 Å². The molecule has 0 unspecified atom stereocenters. The Morgan fingerprint density at radius 3 is 2.25 bits per heavy atom. The summed E-state index contributed by atoms with van der Waals surface area (Å²) in [5.41, 5.74) is 0. The predicted molar refractivity (Wildman–Crippen MR) is 35.7 cm³/mol. The average Bonchev–Trinajstić information content (AvgIpc) is 1.83. The molecule has 0 aliphatic carbocycles. The number of allylic oxidation sites excluding steroid dienone is 2. The van der Waals surface area contributed by atoms with Crippen molar-refractivity contribution < 1.29 is 4.74 Å². The molecule has 8 heavy (non-hydrogen) atoms. The van der Waals surface area contributed by atoms with E-state index < -0.39 is 0 Å². The van der Waals surface area contributed by atoms with Crippen LogP contribution in [0.5, 0.6) is 0 Å². The summed E-state index contributed by atoms with van der Waals surface area (Å²) in [5.74, 6) is 1.09. The molecule has 0 aromatic carbocycles. The molecule has 0 amide bonds. The second-order valence-electron chi connectivity index (χ2n) is 1.54. The molecule has 0 aromatic rings. The lowest BCUT2D eigenvalue weighted by Crippen LogP contribution is -1.87. The second kappa shape index (κ2) is 4.69. The van der Waals surface area contributed by atoms with Crippen molar-refractivity contribution in [2.24, 2.45) is 0 Å². The first-order valence-electron chi connectivity index (χ1n) is 3.13. The van der Waals surface area contributed by atoms with E-state index in [0.29, 0.717) is 0 Å². The third-order valence-corrected chi connectivity index (χ3v) is 1.00. The van der Waals surface area contributed by atoms with Gasteiger partial charge in [-0.05, 0) is 19.9 Å². The molecule has 0 saturated heterocycles. The first-order chi connectivity index (χ1) is 3.85. The normalized spacial score (nSPS) is 11.6. The molecule has 0 heterocycles. The van der Waals surface area contributed by atoms with E-state index in [9.17, 15) is 0 Å². The highest BCUT2D eigenvalue weighted by Crippen LogP contribution is 2.00. The molecule has 0 aliphatic rings. The second-order valence-corrected chi connectivity index (χ2v) is 1.54. The first-order valence-corrected chi connectivity index (χ1v) is 3.13. The van der Waals surface area contributed by atoms with E-state index >= 15 is 0 Å². The van der Waals surface area contributed by atoms with Crippen LogP contribution in [0.15, 0.2) is 11.8 Å². The Labute approximate surface area is 51.4 Å². The molecule has 1 nitrogen and oxygen atoms in total. The van der Waals surface area contributed by atoms with Gasteiger partial charge in [0, 0.05) is 6.42 Å². The van der Waals surface area contributed by atoms with Gasteiger partial charge in [-0.3, -0.25) is 0 Å². The Morgan fingerprint density at radius 1 is 1.50 bits per heavy atom. The van der Waals surface area contributed by atoms with Crippen molar-refractivity contribution in [3.05, 3.63) is 11.8 Å². The van der Waals surface area contributed by atoms with E-state index in [2.05, 4.69) is 6.92 Å². The molecule has 0 N–H and O–H groups in total. The van der Waals surface area contributed by atoms with Crippen LogP contribution in [0.4, 0.5) is 0 Å². The summed E-state index contributed by atoms with van der Waals surface area (Å²) in [7, 11) is 0. The monoisotopic (exact) mass is 114 g/mol. The number of ether oxygens (including phenoxy) is 1. The molecule has 0 saturated carbocycles. The molecule has 0 spiro atoms. The predicted octanol–water partition coefficient (Wildman–Crippen LogP) is 2.34. The third-order valence-electron chi connectivity index (χ3n) is 1.00.